The number of hydrogen-bond acceptors (Lipinski definition) is 3. The zero-order valence-electron chi connectivity index (χ0n) is 12.8. The molecule has 0 saturated heterocycles. The lowest BCUT2D eigenvalue weighted by atomic mass is 10.1. The molecule has 1 aliphatic carbocycles. The fourth-order valence-electron chi connectivity index (χ4n) is 2.70. The summed E-state index contributed by atoms with van der Waals surface area (Å²) in [7, 11) is 1.50. The number of ether oxygens (including phenoxy) is 1. The third kappa shape index (κ3) is 3.04. The number of nitrogens with one attached hydrogen (secondary N) is 2. The van der Waals surface area contributed by atoms with Crippen LogP contribution in [0.15, 0.2) is 24.3 Å². The van der Waals surface area contributed by atoms with Crippen LogP contribution in [-0.4, -0.2) is 41.0 Å². The Bertz CT molecular complexity index is 802. The molecular weight excluding hydrogens is 322 g/mol. The lowest BCUT2D eigenvalue weighted by Crippen LogP contribution is -2.41. The van der Waals surface area contributed by atoms with Gasteiger partial charge in [0.05, 0.1) is 7.11 Å². The predicted octanol–water partition coefficient (Wildman–Crippen LogP) is 2.40. The number of carboxylic acids is 1. The van der Waals surface area contributed by atoms with E-state index in [0.717, 1.165) is 0 Å². The van der Waals surface area contributed by atoms with Crippen LogP contribution >= 0.6 is 0 Å². The first-order valence-corrected chi connectivity index (χ1v) is 7.39. The van der Waals surface area contributed by atoms with Crippen molar-refractivity contribution in [3.63, 3.8) is 0 Å². The molecule has 1 unspecified atom stereocenters. The molecule has 1 saturated carbocycles. The summed E-state index contributed by atoms with van der Waals surface area (Å²) in [5.74, 6) is -5.26. The van der Waals surface area contributed by atoms with Crippen LogP contribution in [0.3, 0.4) is 0 Å². The van der Waals surface area contributed by atoms with E-state index >= 15 is 0 Å². The molecule has 2 aromatic rings. The number of carbonyl (C=O) groups excluding carboxylic acids is 1. The number of halogens is 2. The molecule has 3 N–H and O–H groups in total. The summed E-state index contributed by atoms with van der Waals surface area (Å²) < 4.78 is 31.2. The summed E-state index contributed by atoms with van der Waals surface area (Å²) in [5, 5.41) is 12.1. The average Bonchev–Trinajstić information content (AvgIpc) is 2.95. The van der Waals surface area contributed by atoms with Crippen molar-refractivity contribution in [2.24, 2.45) is 5.92 Å². The van der Waals surface area contributed by atoms with Gasteiger partial charge in [0, 0.05) is 23.2 Å². The van der Waals surface area contributed by atoms with Gasteiger partial charge in [-0.25, -0.2) is 13.6 Å². The number of carboxylic acid groups (broad SMARTS) is 1. The first kappa shape index (κ1) is 16.2. The third-order valence-corrected chi connectivity index (χ3v) is 4.17. The van der Waals surface area contributed by atoms with Gasteiger partial charge >= 0.3 is 5.97 Å². The minimum atomic E-state index is -2.83. The number of rotatable bonds is 6. The average molecular weight is 338 g/mol. The Balaban J connectivity index is 1.76. The van der Waals surface area contributed by atoms with Crippen molar-refractivity contribution in [2.75, 3.05) is 7.11 Å². The van der Waals surface area contributed by atoms with Crippen LogP contribution in [0.4, 0.5) is 8.78 Å². The number of methoxy groups -OCH3 is 1. The van der Waals surface area contributed by atoms with Gasteiger partial charge in [-0.05, 0) is 24.6 Å². The van der Waals surface area contributed by atoms with E-state index in [4.69, 9.17) is 9.84 Å². The molecule has 3 rings (SSSR count). The largest absolute Gasteiger partial charge is 0.496 e. The molecule has 1 aromatic carbocycles. The summed E-state index contributed by atoms with van der Waals surface area (Å²) in [6.07, 6.45) is -0.631. The number of fused-ring (bicyclic) bond motifs is 1. The van der Waals surface area contributed by atoms with Crippen LogP contribution < -0.4 is 10.1 Å². The number of aliphatic carboxylic acids is 1. The number of carbonyl (C=O) groups is 2. The molecular formula is C16H16F2N2O4. The van der Waals surface area contributed by atoms with E-state index in [2.05, 4.69) is 10.3 Å². The Morgan fingerprint density at radius 3 is 2.79 bits per heavy atom. The summed E-state index contributed by atoms with van der Waals surface area (Å²) >= 11 is 0. The van der Waals surface area contributed by atoms with Crippen molar-refractivity contribution in [2.45, 2.75) is 24.8 Å². The van der Waals surface area contributed by atoms with E-state index in [1.165, 1.54) is 13.2 Å². The molecule has 2 atom stereocenters. The number of hydrogen-bond donors (Lipinski definition) is 3. The van der Waals surface area contributed by atoms with Gasteiger partial charge in [0.15, 0.2) is 0 Å². The Hall–Kier alpha value is -2.64. The highest BCUT2D eigenvalue weighted by molar-refractivity contribution is 6.01. The topological polar surface area (TPSA) is 91.4 Å². The molecule has 6 nitrogen and oxygen atoms in total. The first-order valence-electron chi connectivity index (χ1n) is 7.39. The number of H-pyrrole nitrogens is 1. The van der Waals surface area contributed by atoms with Gasteiger partial charge in [0.2, 0.25) is 0 Å². The van der Waals surface area contributed by atoms with E-state index in [-0.39, 0.29) is 18.5 Å². The van der Waals surface area contributed by atoms with Crippen molar-refractivity contribution in [1.82, 2.24) is 10.3 Å². The highest BCUT2D eigenvalue weighted by Crippen LogP contribution is 2.51. The lowest BCUT2D eigenvalue weighted by molar-refractivity contribution is -0.139. The van der Waals surface area contributed by atoms with Gasteiger partial charge in [-0.2, -0.15) is 0 Å². The number of alkyl halides is 2. The highest BCUT2D eigenvalue weighted by Gasteiger charge is 2.57. The molecule has 0 bridgehead atoms. The second-order valence-corrected chi connectivity index (χ2v) is 5.87. The van der Waals surface area contributed by atoms with Gasteiger partial charge in [0.25, 0.3) is 11.8 Å². The normalized spacial score (nSPS) is 19.7. The third-order valence-electron chi connectivity index (χ3n) is 4.17. The fraction of sp³-hybridized carbons (Fsp3) is 0.375. The Morgan fingerprint density at radius 1 is 1.50 bits per heavy atom. The summed E-state index contributed by atoms with van der Waals surface area (Å²) in [4.78, 5) is 26.3. The van der Waals surface area contributed by atoms with Crippen LogP contribution in [0.5, 0.6) is 5.75 Å². The van der Waals surface area contributed by atoms with Crippen LogP contribution in [0.2, 0.25) is 0 Å². The van der Waals surface area contributed by atoms with Gasteiger partial charge in [-0.1, -0.05) is 6.07 Å². The van der Waals surface area contributed by atoms with Crippen molar-refractivity contribution in [3.05, 3.63) is 30.0 Å². The maximum Gasteiger partial charge on any atom is 0.326 e. The second kappa shape index (κ2) is 5.77. The zero-order chi connectivity index (χ0) is 17.5. The molecule has 128 valence electrons. The number of benzene rings is 1. The van der Waals surface area contributed by atoms with E-state index in [0.29, 0.717) is 16.7 Å². The maximum absolute atomic E-state index is 13.0. The molecule has 1 amide bonds. The van der Waals surface area contributed by atoms with Crippen LogP contribution in [0, 0.1) is 5.92 Å². The monoisotopic (exact) mass is 338 g/mol. The Kier molecular flexibility index (Phi) is 3.90. The summed E-state index contributed by atoms with van der Waals surface area (Å²) in [5.41, 5.74) is 0.795. The van der Waals surface area contributed by atoms with Crippen molar-refractivity contribution in [3.8, 4) is 5.75 Å². The van der Waals surface area contributed by atoms with E-state index in [9.17, 15) is 18.4 Å². The predicted molar refractivity (Wildman–Crippen MR) is 81.4 cm³/mol. The van der Waals surface area contributed by atoms with Crippen molar-refractivity contribution < 1.29 is 28.2 Å². The zero-order valence-corrected chi connectivity index (χ0v) is 12.8. The minimum Gasteiger partial charge on any atom is -0.496 e. The van der Waals surface area contributed by atoms with Crippen LogP contribution in [0.1, 0.15) is 23.3 Å². The standard InChI is InChI=1S/C16H16F2N2O4/c1-24-13-4-2-3-10-9(13)6-11(19-10)14(21)20-12(15(22)23)5-8-7-16(8,17)18/h2-4,6,8,12,19H,5,7H2,1H3,(H,20,21)(H,22,23)/t8?,12-/m0/s1. The lowest BCUT2D eigenvalue weighted by Gasteiger charge is -2.13. The van der Waals surface area contributed by atoms with Crippen molar-refractivity contribution in [1.29, 1.82) is 0 Å². The van der Waals surface area contributed by atoms with Gasteiger partial charge in [-0.15, -0.1) is 0 Å². The molecule has 0 radical (unpaired) electrons. The first-order chi connectivity index (χ1) is 11.3. The summed E-state index contributed by atoms with van der Waals surface area (Å²) in [6.45, 7) is 0. The van der Waals surface area contributed by atoms with Gasteiger partial charge < -0.3 is 20.1 Å². The van der Waals surface area contributed by atoms with Crippen LogP contribution in [0.25, 0.3) is 10.9 Å². The Morgan fingerprint density at radius 2 is 2.21 bits per heavy atom. The highest BCUT2D eigenvalue weighted by atomic mass is 19.3. The molecule has 1 fully saturated rings. The molecule has 24 heavy (non-hydrogen) atoms. The molecule has 0 spiro atoms. The molecule has 0 aliphatic heterocycles. The maximum atomic E-state index is 13.0. The number of aromatic amines is 1. The van der Waals surface area contributed by atoms with Crippen LogP contribution in [-0.2, 0) is 4.79 Å². The van der Waals surface area contributed by atoms with E-state index in [1.54, 1.807) is 18.2 Å². The SMILES string of the molecule is COc1cccc2[nH]c(C(=O)N[C@@H](CC3CC3(F)F)C(=O)O)cc12. The van der Waals surface area contributed by atoms with E-state index < -0.39 is 29.8 Å². The molecule has 1 heterocycles. The smallest absolute Gasteiger partial charge is 0.326 e. The quantitative estimate of drug-likeness (QED) is 0.754. The number of aromatic nitrogens is 1. The second-order valence-electron chi connectivity index (χ2n) is 5.87. The minimum absolute atomic E-state index is 0.142. The van der Waals surface area contributed by atoms with Gasteiger partial charge in [-0.3, -0.25) is 4.79 Å². The molecule has 1 aliphatic rings. The summed E-state index contributed by atoms with van der Waals surface area (Å²) in [6, 6.07) is 5.40. The number of amides is 1. The molecule has 8 heteroatoms. The Labute approximate surface area is 135 Å². The van der Waals surface area contributed by atoms with Gasteiger partial charge in [0.1, 0.15) is 17.5 Å². The van der Waals surface area contributed by atoms with E-state index in [1.807, 2.05) is 0 Å². The molecule has 1 aromatic heterocycles. The fourth-order valence-corrected chi connectivity index (χ4v) is 2.70. The van der Waals surface area contributed by atoms with Crippen molar-refractivity contribution >= 4 is 22.8 Å².